The van der Waals surface area contributed by atoms with Crippen molar-refractivity contribution in [1.29, 1.82) is 0 Å². The van der Waals surface area contributed by atoms with Crippen LogP contribution in [0.5, 0.6) is 5.75 Å². The minimum Gasteiger partial charge on any atom is -0.493 e. The van der Waals surface area contributed by atoms with Crippen molar-refractivity contribution in [1.82, 2.24) is 4.98 Å². The summed E-state index contributed by atoms with van der Waals surface area (Å²) in [6, 6.07) is 10.5. The van der Waals surface area contributed by atoms with Gasteiger partial charge in [0, 0.05) is 12.1 Å². The highest BCUT2D eigenvalue weighted by atomic mass is 16.5. The number of rotatable bonds is 4. The molecule has 8 unspecified atom stereocenters. The lowest BCUT2D eigenvalue weighted by Crippen LogP contribution is -2.51. The third-order valence-electron chi connectivity index (χ3n) is 11.7. The van der Waals surface area contributed by atoms with Crippen molar-refractivity contribution in [2.24, 2.45) is 40.4 Å². The van der Waals surface area contributed by atoms with Crippen molar-refractivity contribution in [3.05, 3.63) is 58.3 Å². The van der Waals surface area contributed by atoms with Crippen molar-refractivity contribution in [2.45, 2.75) is 78.2 Å². The van der Waals surface area contributed by atoms with Gasteiger partial charge in [-0.3, -0.25) is 4.79 Å². The van der Waals surface area contributed by atoms with Gasteiger partial charge in [0.2, 0.25) is 0 Å². The summed E-state index contributed by atoms with van der Waals surface area (Å²) in [6.07, 6.45) is 11.9. The molecule has 1 N–H and O–H groups in total. The Kier molecular flexibility index (Phi) is 5.97. The standard InChI is InChI=1S/C34H41NO4/c1-20(19-38-24-6-11-30-32(18-24)39-31-17-22(36)5-10-29(31)35-30)26-8-9-27-25-7-4-21-16-23(37)12-14-33(21,2)28(25)13-15-34(26,27)3/h4-6,10-11,17-18,20,23,25-28,37H,7-9,12-16,19H2,1-3H3. The van der Waals surface area contributed by atoms with Crippen LogP contribution in [0.4, 0.5) is 0 Å². The summed E-state index contributed by atoms with van der Waals surface area (Å²) in [4.78, 5) is 16.4. The third-order valence-corrected chi connectivity index (χ3v) is 11.7. The van der Waals surface area contributed by atoms with Gasteiger partial charge in [-0.25, -0.2) is 4.98 Å². The van der Waals surface area contributed by atoms with Crippen LogP contribution in [0.15, 0.2) is 57.3 Å². The number of allylic oxidation sites excluding steroid dienone is 1. The van der Waals surface area contributed by atoms with E-state index in [0.717, 1.165) is 48.3 Å². The maximum atomic E-state index is 11.8. The summed E-state index contributed by atoms with van der Waals surface area (Å²) < 4.78 is 12.4. The minimum absolute atomic E-state index is 0.0811. The number of hydrogen-bond donors (Lipinski definition) is 1. The Balaban J connectivity index is 1.06. The second-order valence-corrected chi connectivity index (χ2v) is 13.6. The van der Waals surface area contributed by atoms with Gasteiger partial charge in [-0.15, -0.1) is 0 Å². The van der Waals surface area contributed by atoms with Crippen molar-refractivity contribution in [3.8, 4) is 17.2 Å². The van der Waals surface area contributed by atoms with Gasteiger partial charge in [-0.1, -0.05) is 32.4 Å². The zero-order valence-electron chi connectivity index (χ0n) is 23.5. The molecule has 5 nitrogen and oxygen atoms in total. The quantitative estimate of drug-likeness (QED) is 0.286. The summed E-state index contributed by atoms with van der Waals surface area (Å²) in [5, 5.41) is 10.3. The van der Waals surface area contributed by atoms with E-state index in [-0.39, 0.29) is 11.5 Å². The molecule has 8 atom stereocenters. The number of hydrogen-bond acceptors (Lipinski definition) is 5. The van der Waals surface area contributed by atoms with Gasteiger partial charge in [0.15, 0.2) is 16.8 Å². The SMILES string of the molecule is CC(COc1ccc2nc3ccc(=O)cc-3oc2c1)C1CCC2C3CC=C4CC(O)CCC4(C)C3CCC12C. The Labute approximate surface area is 231 Å². The molecule has 0 aromatic heterocycles. The molecule has 7 rings (SSSR count). The summed E-state index contributed by atoms with van der Waals surface area (Å²) in [7, 11) is 0. The molecule has 0 radical (unpaired) electrons. The second kappa shape index (κ2) is 9.19. The summed E-state index contributed by atoms with van der Waals surface area (Å²) >= 11 is 0. The Bertz CT molecular complexity index is 1460. The van der Waals surface area contributed by atoms with E-state index in [1.807, 2.05) is 18.2 Å². The fourth-order valence-electron chi connectivity index (χ4n) is 9.64. The first kappa shape index (κ1) is 25.3. The molecule has 0 spiro atoms. The number of aliphatic hydroxyl groups excluding tert-OH is 1. The van der Waals surface area contributed by atoms with Crippen molar-refractivity contribution >= 4 is 11.1 Å². The Hall–Kier alpha value is -2.66. The van der Waals surface area contributed by atoms with Crippen LogP contribution in [-0.2, 0) is 0 Å². The first-order valence-electron chi connectivity index (χ1n) is 15.1. The molecule has 0 amide bonds. The molecule has 5 heteroatoms. The highest BCUT2D eigenvalue weighted by Gasteiger charge is 2.59. The number of aliphatic hydroxyl groups is 1. The van der Waals surface area contributed by atoms with E-state index < -0.39 is 0 Å². The van der Waals surface area contributed by atoms with Crippen molar-refractivity contribution in [3.63, 3.8) is 0 Å². The average molecular weight is 528 g/mol. The molecule has 1 heterocycles. The molecule has 5 aliphatic carbocycles. The normalized spacial score (nSPS) is 36.6. The number of aromatic nitrogens is 1. The molecule has 39 heavy (non-hydrogen) atoms. The lowest BCUT2D eigenvalue weighted by molar-refractivity contribution is -0.0591. The topological polar surface area (TPSA) is 72.6 Å². The molecule has 3 saturated carbocycles. The Morgan fingerprint density at radius 3 is 2.82 bits per heavy atom. The first-order chi connectivity index (χ1) is 18.7. The first-order valence-corrected chi connectivity index (χ1v) is 15.1. The van der Waals surface area contributed by atoms with E-state index in [9.17, 15) is 9.90 Å². The maximum Gasteiger partial charge on any atom is 0.182 e. The Morgan fingerprint density at radius 2 is 1.95 bits per heavy atom. The van der Waals surface area contributed by atoms with Crippen LogP contribution in [0.25, 0.3) is 22.6 Å². The predicted octanol–water partition coefficient (Wildman–Crippen LogP) is 7.25. The average Bonchev–Trinajstić information content (AvgIpc) is 3.28. The highest BCUT2D eigenvalue weighted by Crippen LogP contribution is 2.67. The monoisotopic (exact) mass is 527 g/mol. The van der Waals surface area contributed by atoms with E-state index >= 15 is 0 Å². The van der Waals surface area contributed by atoms with E-state index in [0.29, 0.717) is 46.3 Å². The van der Waals surface area contributed by atoms with Crippen LogP contribution in [0.3, 0.4) is 0 Å². The zero-order chi connectivity index (χ0) is 26.9. The number of ether oxygens (including phenoxy) is 1. The van der Waals surface area contributed by atoms with Gasteiger partial charge in [0.05, 0.1) is 12.7 Å². The van der Waals surface area contributed by atoms with Gasteiger partial charge in [0.25, 0.3) is 0 Å². The summed E-state index contributed by atoms with van der Waals surface area (Å²) in [5.74, 6) is 4.78. The minimum atomic E-state index is -0.135. The zero-order valence-corrected chi connectivity index (χ0v) is 23.5. The van der Waals surface area contributed by atoms with E-state index in [1.54, 1.807) is 11.6 Å². The fourth-order valence-corrected chi connectivity index (χ4v) is 9.64. The largest absolute Gasteiger partial charge is 0.493 e. The number of fused-ring (bicyclic) bond motifs is 7. The summed E-state index contributed by atoms with van der Waals surface area (Å²) in [6.45, 7) is 8.17. The molecule has 3 fully saturated rings. The number of nitrogens with zero attached hydrogens (tertiary/aromatic N) is 1. The van der Waals surface area contributed by atoms with Crippen molar-refractivity contribution in [2.75, 3.05) is 6.61 Å². The van der Waals surface area contributed by atoms with Gasteiger partial charge in [-0.05, 0) is 116 Å². The second-order valence-electron chi connectivity index (χ2n) is 13.6. The molecular weight excluding hydrogens is 486 g/mol. The maximum absolute atomic E-state index is 11.8. The smallest absolute Gasteiger partial charge is 0.182 e. The molecule has 0 bridgehead atoms. The molecule has 6 aliphatic rings. The molecule has 206 valence electrons. The van der Waals surface area contributed by atoms with Gasteiger partial charge in [0.1, 0.15) is 17.0 Å². The van der Waals surface area contributed by atoms with Crippen LogP contribution in [-0.4, -0.2) is 22.8 Å². The lowest BCUT2D eigenvalue weighted by atomic mass is 9.47. The van der Waals surface area contributed by atoms with Crippen LogP contribution in [0.1, 0.15) is 72.1 Å². The van der Waals surface area contributed by atoms with E-state index in [2.05, 4.69) is 31.8 Å². The summed E-state index contributed by atoms with van der Waals surface area (Å²) in [5.41, 5.74) is 4.23. The van der Waals surface area contributed by atoms with Gasteiger partial charge < -0.3 is 14.3 Å². The Morgan fingerprint density at radius 1 is 1.08 bits per heavy atom. The van der Waals surface area contributed by atoms with E-state index in [4.69, 9.17) is 9.15 Å². The molecule has 0 saturated heterocycles. The van der Waals surface area contributed by atoms with E-state index in [1.165, 1.54) is 44.2 Å². The van der Waals surface area contributed by atoms with Crippen molar-refractivity contribution < 1.29 is 14.3 Å². The fraction of sp³-hybridized carbons (Fsp3) is 0.588. The van der Waals surface area contributed by atoms with Crippen LogP contribution >= 0.6 is 0 Å². The third kappa shape index (κ3) is 4.06. The van der Waals surface area contributed by atoms with Crippen LogP contribution in [0.2, 0.25) is 0 Å². The number of benzene rings is 2. The molecule has 1 aromatic rings. The molecular formula is C34H41NO4. The van der Waals surface area contributed by atoms with Crippen LogP contribution in [0, 0.1) is 40.4 Å². The van der Waals surface area contributed by atoms with Crippen LogP contribution < -0.4 is 10.2 Å². The van der Waals surface area contributed by atoms with Gasteiger partial charge >= 0.3 is 0 Å². The highest BCUT2D eigenvalue weighted by molar-refractivity contribution is 5.77. The van der Waals surface area contributed by atoms with Gasteiger partial charge in [-0.2, -0.15) is 0 Å². The molecule has 1 aliphatic heterocycles. The molecule has 1 aromatic carbocycles. The predicted molar refractivity (Wildman–Crippen MR) is 153 cm³/mol. The lowest BCUT2D eigenvalue weighted by Gasteiger charge is -2.58.